The van der Waals surface area contributed by atoms with Crippen LogP contribution in [0.5, 0.6) is 0 Å². The Hall–Kier alpha value is -2.39. The minimum absolute atomic E-state index is 0.0310. The van der Waals surface area contributed by atoms with Gasteiger partial charge >= 0.3 is 5.97 Å². The van der Waals surface area contributed by atoms with E-state index in [2.05, 4.69) is 35.7 Å². The molecule has 2 aromatic carbocycles. The molecule has 0 unspecified atom stereocenters. The van der Waals surface area contributed by atoms with Crippen molar-refractivity contribution in [2.24, 2.45) is 5.41 Å². The van der Waals surface area contributed by atoms with Gasteiger partial charge in [-0.15, -0.1) is 0 Å². The van der Waals surface area contributed by atoms with Gasteiger partial charge in [-0.1, -0.05) is 60.7 Å². The van der Waals surface area contributed by atoms with E-state index in [1.165, 1.54) is 11.1 Å². The van der Waals surface area contributed by atoms with Crippen LogP contribution in [0.25, 0.3) is 5.57 Å². The van der Waals surface area contributed by atoms with Crippen molar-refractivity contribution in [1.82, 2.24) is 5.32 Å². The predicted octanol–water partition coefficient (Wildman–Crippen LogP) is 4.04. The standard InChI is InChI=1S/C22H23NO2/c1-22(21(24)25)19(17-5-3-2-4-6-17)20(22)18-9-7-15(8-10-18)16-11-13-23-14-12-16/h2-11,19-20,23H,12-14H2,1H3,(H,24,25)/t19-,20-,22+/m0/s1. The number of benzene rings is 2. The van der Waals surface area contributed by atoms with Gasteiger partial charge in [0.1, 0.15) is 0 Å². The fourth-order valence-corrected chi connectivity index (χ4v) is 4.31. The second-order valence-electron chi connectivity index (χ2n) is 7.26. The van der Waals surface area contributed by atoms with E-state index in [9.17, 15) is 9.90 Å². The second-order valence-corrected chi connectivity index (χ2v) is 7.26. The highest BCUT2D eigenvalue weighted by atomic mass is 16.4. The summed E-state index contributed by atoms with van der Waals surface area (Å²) in [7, 11) is 0. The van der Waals surface area contributed by atoms with Crippen molar-refractivity contribution in [3.8, 4) is 0 Å². The average molecular weight is 333 g/mol. The summed E-state index contributed by atoms with van der Waals surface area (Å²) in [6.07, 6.45) is 3.28. The largest absolute Gasteiger partial charge is 0.481 e. The maximum atomic E-state index is 11.9. The molecule has 3 nitrogen and oxygen atoms in total. The summed E-state index contributed by atoms with van der Waals surface area (Å²) in [5.41, 5.74) is 4.14. The number of carboxylic acid groups (broad SMARTS) is 1. The number of carbonyl (C=O) groups is 1. The molecule has 0 aromatic heterocycles. The zero-order valence-electron chi connectivity index (χ0n) is 14.4. The normalized spacial score (nSPS) is 28.3. The van der Waals surface area contributed by atoms with Crippen LogP contribution in [0.2, 0.25) is 0 Å². The van der Waals surface area contributed by atoms with E-state index in [4.69, 9.17) is 0 Å². The summed E-state index contributed by atoms with van der Waals surface area (Å²) in [5.74, 6) is -0.643. The van der Waals surface area contributed by atoms with Gasteiger partial charge in [0.05, 0.1) is 5.41 Å². The number of aliphatic carboxylic acids is 1. The van der Waals surface area contributed by atoms with Crippen LogP contribution in [0.15, 0.2) is 60.7 Å². The Labute approximate surface area is 148 Å². The molecule has 1 fully saturated rings. The number of hydrogen-bond donors (Lipinski definition) is 2. The third kappa shape index (κ3) is 2.69. The third-order valence-corrected chi connectivity index (χ3v) is 5.84. The lowest BCUT2D eigenvalue weighted by atomic mass is 9.96. The second kappa shape index (κ2) is 6.16. The molecule has 2 aliphatic rings. The molecule has 2 aromatic rings. The Kier molecular flexibility index (Phi) is 3.97. The summed E-state index contributed by atoms with van der Waals surface area (Å²) in [6, 6.07) is 18.6. The van der Waals surface area contributed by atoms with E-state index in [0.29, 0.717) is 0 Å². The average Bonchev–Trinajstić information content (AvgIpc) is 3.31. The van der Waals surface area contributed by atoms with Crippen molar-refractivity contribution in [2.45, 2.75) is 25.2 Å². The molecular weight excluding hydrogens is 310 g/mol. The Morgan fingerprint density at radius 2 is 1.68 bits per heavy atom. The van der Waals surface area contributed by atoms with Gasteiger partial charge in [-0.3, -0.25) is 4.79 Å². The molecule has 1 aliphatic carbocycles. The molecule has 0 radical (unpaired) electrons. The molecule has 0 amide bonds. The minimum Gasteiger partial charge on any atom is -0.481 e. The molecule has 1 aliphatic heterocycles. The number of carboxylic acids is 1. The number of hydrogen-bond acceptors (Lipinski definition) is 2. The molecule has 2 N–H and O–H groups in total. The van der Waals surface area contributed by atoms with Gasteiger partial charge in [0.2, 0.25) is 0 Å². The van der Waals surface area contributed by atoms with E-state index in [-0.39, 0.29) is 11.8 Å². The fraction of sp³-hybridized carbons (Fsp3) is 0.318. The van der Waals surface area contributed by atoms with Gasteiger partial charge in [0.15, 0.2) is 0 Å². The molecule has 3 atom stereocenters. The predicted molar refractivity (Wildman–Crippen MR) is 99.6 cm³/mol. The SMILES string of the molecule is C[C@@]1(C(=O)O)[C@@H](c2ccccc2)[C@@H]1c1ccc(C2=CCNCC2)cc1. The first kappa shape index (κ1) is 16.1. The molecular formula is C22H23NO2. The highest BCUT2D eigenvalue weighted by Gasteiger charge is 2.67. The Morgan fingerprint density at radius 1 is 1.04 bits per heavy atom. The molecule has 128 valence electrons. The summed E-state index contributed by atoms with van der Waals surface area (Å²) in [4.78, 5) is 11.9. The van der Waals surface area contributed by atoms with Gasteiger partial charge in [-0.05, 0) is 42.2 Å². The van der Waals surface area contributed by atoms with Crippen LogP contribution in [-0.2, 0) is 4.79 Å². The first-order valence-electron chi connectivity index (χ1n) is 8.91. The highest BCUT2D eigenvalue weighted by Crippen LogP contribution is 2.70. The quantitative estimate of drug-likeness (QED) is 0.888. The molecule has 1 heterocycles. The van der Waals surface area contributed by atoms with Crippen LogP contribution in [0.3, 0.4) is 0 Å². The van der Waals surface area contributed by atoms with Crippen molar-refractivity contribution in [1.29, 1.82) is 0 Å². The van der Waals surface area contributed by atoms with Crippen LogP contribution in [-0.4, -0.2) is 24.2 Å². The van der Waals surface area contributed by atoms with E-state index in [1.54, 1.807) is 0 Å². The van der Waals surface area contributed by atoms with E-state index in [1.807, 2.05) is 37.3 Å². The number of nitrogens with one attached hydrogen (secondary N) is 1. The summed E-state index contributed by atoms with van der Waals surface area (Å²) in [5, 5.41) is 13.1. The Bertz CT molecular complexity index is 810. The molecule has 0 bridgehead atoms. The first-order valence-corrected chi connectivity index (χ1v) is 8.91. The van der Waals surface area contributed by atoms with Crippen molar-refractivity contribution < 1.29 is 9.90 Å². The Morgan fingerprint density at radius 3 is 2.24 bits per heavy atom. The molecule has 0 saturated heterocycles. The lowest BCUT2D eigenvalue weighted by Crippen LogP contribution is -2.20. The molecule has 25 heavy (non-hydrogen) atoms. The van der Waals surface area contributed by atoms with Crippen molar-refractivity contribution >= 4 is 11.5 Å². The lowest BCUT2D eigenvalue weighted by Gasteiger charge is -2.14. The van der Waals surface area contributed by atoms with Gasteiger partial charge in [0, 0.05) is 18.4 Å². The number of rotatable bonds is 4. The first-order chi connectivity index (χ1) is 12.1. The minimum atomic E-state index is -0.725. The van der Waals surface area contributed by atoms with Gasteiger partial charge in [0.25, 0.3) is 0 Å². The maximum absolute atomic E-state index is 11.9. The van der Waals surface area contributed by atoms with Crippen molar-refractivity contribution in [3.63, 3.8) is 0 Å². The summed E-state index contributed by atoms with van der Waals surface area (Å²) >= 11 is 0. The monoisotopic (exact) mass is 333 g/mol. The highest BCUT2D eigenvalue weighted by molar-refractivity contribution is 5.83. The third-order valence-electron chi connectivity index (χ3n) is 5.84. The maximum Gasteiger partial charge on any atom is 0.310 e. The zero-order valence-corrected chi connectivity index (χ0v) is 14.4. The molecule has 1 saturated carbocycles. The van der Waals surface area contributed by atoms with E-state index < -0.39 is 11.4 Å². The topological polar surface area (TPSA) is 49.3 Å². The van der Waals surface area contributed by atoms with Crippen LogP contribution in [0.1, 0.15) is 41.9 Å². The molecule has 4 rings (SSSR count). The van der Waals surface area contributed by atoms with E-state index >= 15 is 0 Å². The van der Waals surface area contributed by atoms with Crippen LogP contribution >= 0.6 is 0 Å². The van der Waals surface area contributed by atoms with Gasteiger partial charge in [-0.25, -0.2) is 0 Å². The zero-order chi connectivity index (χ0) is 17.4. The smallest absolute Gasteiger partial charge is 0.310 e. The summed E-state index contributed by atoms with van der Waals surface area (Å²) in [6.45, 7) is 3.82. The van der Waals surface area contributed by atoms with Gasteiger partial charge < -0.3 is 10.4 Å². The molecule has 3 heteroatoms. The van der Waals surface area contributed by atoms with Crippen LogP contribution in [0, 0.1) is 5.41 Å². The van der Waals surface area contributed by atoms with Crippen molar-refractivity contribution in [3.05, 3.63) is 77.4 Å². The van der Waals surface area contributed by atoms with Crippen molar-refractivity contribution in [2.75, 3.05) is 13.1 Å². The fourth-order valence-electron chi connectivity index (χ4n) is 4.31. The molecule has 0 spiro atoms. The van der Waals surface area contributed by atoms with Crippen LogP contribution in [0.4, 0.5) is 0 Å². The van der Waals surface area contributed by atoms with Gasteiger partial charge in [-0.2, -0.15) is 0 Å². The lowest BCUT2D eigenvalue weighted by molar-refractivity contribution is -0.143. The summed E-state index contributed by atoms with van der Waals surface area (Å²) < 4.78 is 0. The van der Waals surface area contributed by atoms with Crippen LogP contribution < -0.4 is 5.32 Å². The van der Waals surface area contributed by atoms with E-state index in [0.717, 1.165) is 30.6 Å². The Balaban J connectivity index is 1.64.